The van der Waals surface area contributed by atoms with Gasteiger partial charge in [0.15, 0.2) is 0 Å². The first-order valence-corrected chi connectivity index (χ1v) is 5.07. The van der Waals surface area contributed by atoms with Crippen LogP contribution >= 0.6 is 0 Å². The van der Waals surface area contributed by atoms with E-state index in [4.69, 9.17) is 5.73 Å². The van der Waals surface area contributed by atoms with Crippen LogP contribution in [0.15, 0.2) is 18.2 Å². The zero-order chi connectivity index (χ0) is 11.6. The Labute approximate surface area is 90.9 Å². The van der Waals surface area contributed by atoms with Gasteiger partial charge < -0.3 is 10.6 Å². The van der Waals surface area contributed by atoms with Gasteiger partial charge in [-0.15, -0.1) is 0 Å². The first-order valence-electron chi connectivity index (χ1n) is 5.07. The lowest BCUT2D eigenvalue weighted by Crippen LogP contribution is -2.27. The van der Waals surface area contributed by atoms with Gasteiger partial charge in [0.2, 0.25) is 5.91 Å². The Balaban J connectivity index is 3.21. The van der Waals surface area contributed by atoms with E-state index >= 15 is 0 Å². The topological polar surface area (TPSA) is 46.3 Å². The quantitative estimate of drug-likeness (QED) is 0.821. The molecule has 0 spiro atoms. The number of nitrogens with zero attached hydrogens (tertiary/aromatic N) is 1. The molecule has 0 radical (unpaired) electrons. The summed E-state index contributed by atoms with van der Waals surface area (Å²) in [5, 5.41) is 0. The highest BCUT2D eigenvalue weighted by Gasteiger charge is 2.12. The average molecular weight is 206 g/mol. The van der Waals surface area contributed by atoms with Crippen LogP contribution in [-0.4, -0.2) is 19.0 Å². The third kappa shape index (κ3) is 2.29. The van der Waals surface area contributed by atoms with E-state index in [0.29, 0.717) is 11.6 Å². The fourth-order valence-electron chi connectivity index (χ4n) is 1.55. The lowest BCUT2D eigenvalue weighted by atomic mass is 10.0. The number of amides is 1. The molecule has 1 aromatic carbocycles. The van der Waals surface area contributed by atoms with E-state index in [1.54, 1.807) is 6.07 Å². The maximum atomic E-state index is 11.2. The molecule has 82 valence electrons. The summed E-state index contributed by atoms with van der Waals surface area (Å²) in [4.78, 5) is 13.3. The molecule has 3 heteroatoms. The minimum atomic E-state index is -0.369. The maximum Gasteiger partial charge on any atom is 0.249 e. The Hall–Kier alpha value is -1.51. The third-order valence-corrected chi connectivity index (χ3v) is 2.73. The molecule has 1 amide bonds. The van der Waals surface area contributed by atoms with Crippen molar-refractivity contribution in [2.24, 2.45) is 5.73 Å². The highest BCUT2D eigenvalue weighted by molar-refractivity contribution is 5.95. The molecule has 1 aromatic rings. The van der Waals surface area contributed by atoms with Crippen LogP contribution < -0.4 is 10.6 Å². The molecule has 0 saturated carbocycles. The Bertz CT molecular complexity index is 372. The smallest absolute Gasteiger partial charge is 0.249 e. The molecule has 0 heterocycles. The number of carbonyl (C=O) groups excluding carboxylic acids is 1. The number of hydrogen-bond acceptors (Lipinski definition) is 2. The maximum absolute atomic E-state index is 11.2. The van der Waals surface area contributed by atoms with Crippen LogP contribution in [0.1, 0.15) is 29.8 Å². The highest BCUT2D eigenvalue weighted by atomic mass is 16.1. The van der Waals surface area contributed by atoms with Gasteiger partial charge in [0, 0.05) is 24.3 Å². The van der Waals surface area contributed by atoms with Gasteiger partial charge >= 0.3 is 0 Å². The zero-order valence-electron chi connectivity index (χ0n) is 9.74. The van der Waals surface area contributed by atoms with E-state index in [-0.39, 0.29) is 5.91 Å². The summed E-state index contributed by atoms with van der Waals surface area (Å²) < 4.78 is 0. The minimum Gasteiger partial charge on any atom is -0.372 e. The van der Waals surface area contributed by atoms with E-state index in [2.05, 4.69) is 18.7 Å². The molecule has 0 fully saturated rings. The molecule has 15 heavy (non-hydrogen) atoms. The van der Waals surface area contributed by atoms with Crippen molar-refractivity contribution in [2.45, 2.75) is 26.8 Å². The molecule has 0 atom stereocenters. The van der Waals surface area contributed by atoms with E-state index < -0.39 is 0 Å². The number of rotatable bonds is 3. The van der Waals surface area contributed by atoms with Crippen molar-refractivity contribution in [3.05, 3.63) is 29.3 Å². The molecule has 0 bridgehead atoms. The van der Waals surface area contributed by atoms with Crippen molar-refractivity contribution in [3.63, 3.8) is 0 Å². The molecule has 0 unspecified atom stereocenters. The monoisotopic (exact) mass is 206 g/mol. The summed E-state index contributed by atoms with van der Waals surface area (Å²) in [6, 6.07) is 6.02. The van der Waals surface area contributed by atoms with Gasteiger partial charge in [-0.25, -0.2) is 0 Å². The zero-order valence-corrected chi connectivity index (χ0v) is 9.74. The number of hydrogen-bond donors (Lipinski definition) is 1. The third-order valence-electron chi connectivity index (χ3n) is 2.73. The number of benzene rings is 1. The second-order valence-electron chi connectivity index (χ2n) is 4.02. The fraction of sp³-hybridized carbons (Fsp3) is 0.417. The Morgan fingerprint density at radius 2 is 2.00 bits per heavy atom. The molecular formula is C12H18N2O. The second kappa shape index (κ2) is 4.34. The van der Waals surface area contributed by atoms with Gasteiger partial charge in [0.05, 0.1) is 0 Å². The number of carbonyl (C=O) groups is 1. The normalized spacial score (nSPS) is 10.5. The molecular weight excluding hydrogens is 188 g/mol. The van der Waals surface area contributed by atoms with Crippen molar-refractivity contribution in [1.82, 2.24) is 0 Å². The number of primary amides is 1. The van der Waals surface area contributed by atoms with E-state index in [1.165, 1.54) is 0 Å². The largest absolute Gasteiger partial charge is 0.372 e. The van der Waals surface area contributed by atoms with Crippen LogP contribution in [0.2, 0.25) is 0 Å². The Morgan fingerprint density at radius 3 is 2.47 bits per heavy atom. The predicted octanol–water partition coefficient (Wildman–Crippen LogP) is 1.94. The molecule has 1 rings (SSSR count). The standard InChI is InChI=1S/C12H18N2O/c1-8(2)14(4)11-7-5-6-10(9(11)3)12(13)15/h5-8H,1-4H3,(H2,13,15). The van der Waals surface area contributed by atoms with Gasteiger partial charge in [-0.2, -0.15) is 0 Å². The summed E-state index contributed by atoms with van der Waals surface area (Å²) in [6.45, 7) is 6.14. The summed E-state index contributed by atoms with van der Waals surface area (Å²) in [6.07, 6.45) is 0. The van der Waals surface area contributed by atoms with Gasteiger partial charge in [0.1, 0.15) is 0 Å². The van der Waals surface area contributed by atoms with Gasteiger partial charge in [-0.1, -0.05) is 6.07 Å². The lowest BCUT2D eigenvalue weighted by molar-refractivity contribution is 0.0999. The van der Waals surface area contributed by atoms with Crippen LogP contribution in [0.5, 0.6) is 0 Å². The van der Waals surface area contributed by atoms with Crippen LogP contribution in [-0.2, 0) is 0 Å². The molecule has 0 aliphatic heterocycles. The van der Waals surface area contributed by atoms with Crippen molar-refractivity contribution < 1.29 is 4.79 Å². The number of nitrogens with two attached hydrogens (primary N) is 1. The highest BCUT2D eigenvalue weighted by Crippen LogP contribution is 2.23. The van der Waals surface area contributed by atoms with E-state index in [1.807, 2.05) is 26.1 Å². The Morgan fingerprint density at radius 1 is 1.40 bits per heavy atom. The molecule has 2 N–H and O–H groups in total. The second-order valence-corrected chi connectivity index (χ2v) is 4.02. The molecule has 0 aromatic heterocycles. The molecule has 3 nitrogen and oxygen atoms in total. The van der Waals surface area contributed by atoms with E-state index in [0.717, 1.165) is 11.3 Å². The van der Waals surface area contributed by atoms with Gasteiger partial charge in [0.25, 0.3) is 0 Å². The van der Waals surface area contributed by atoms with Crippen LogP contribution in [0, 0.1) is 6.92 Å². The summed E-state index contributed by atoms with van der Waals surface area (Å²) in [5.74, 6) is -0.369. The summed E-state index contributed by atoms with van der Waals surface area (Å²) in [5.41, 5.74) is 7.90. The van der Waals surface area contributed by atoms with Crippen molar-refractivity contribution in [1.29, 1.82) is 0 Å². The van der Waals surface area contributed by atoms with Gasteiger partial charge in [-0.3, -0.25) is 4.79 Å². The van der Waals surface area contributed by atoms with Crippen molar-refractivity contribution in [2.75, 3.05) is 11.9 Å². The van der Waals surface area contributed by atoms with Crippen LogP contribution in [0.4, 0.5) is 5.69 Å². The van der Waals surface area contributed by atoms with Crippen LogP contribution in [0.25, 0.3) is 0 Å². The summed E-state index contributed by atoms with van der Waals surface area (Å²) in [7, 11) is 2.01. The first kappa shape index (κ1) is 11.6. The summed E-state index contributed by atoms with van der Waals surface area (Å²) >= 11 is 0. The SMILES string of the molecule is Cc1c(C(N)=O)cccc1N(C)C(C)C. The van der Waals surface area contributed by atoms with E-state index in [9.17, 15) is 4.79 Å². The minimum absolute atomic E-state index is 0.369. The lowest BCUT2D eigenvalue weighted by Gasteiger charge is -2.26. The van der Waals surface area contributed by atoms with Crippen molar-refractivity contribution >= 4 is 11.6 Å². The molecule has 0 aliphatic rings. The Kier molecular flexibility index (Phi) is 3.35. The van der Waals surface area contributed by atoms with Gasteiger partial charge in [-0.05, 0) is 38.5 Å². The van der Waals surface area contributed by atoms with Crippen LogP contribution in [0.3, 0.4) is 0 Å². The number of anilines is 1. The molecule has 0 saturated heterocycles. The fourth-order valence-corrected chi connectivity index (χ4v) is 1.55. The molecule has 0 aliphatic carbocycles. The average Bonchev–Trinajstić information content (AvgIpc) is 2.16. The predicted molar refractivity (Wildman–Crippen MR) is 63.2 cm³/mol. The first-order chi connectivity index (χ1) is 6.95. The van der Waals surface area contributed by atoms with Crippen molar-refractivity contribution in [3.8, 4) is 0 Å².